The van der Waals surface area contributed by atoms with Crippen LogP contribution in [0.15, 0.2) is 12.4 Å². The number of likely N-dealkylation sites (tertiary alicyclic amines) is 1. The summed E-state index contributed by atoms with van der Waals surface area (Å²) >= 11 is 0. The van der Waals surface area contributed by atoms with E-state index in [1.54, 1.807) is 0 Å². The van der Waals surface area contributed by atoms with Gasteiger partial charge >= 0.3 is 6.09 Å². The van der Waals surface area contributed by atoms with Crippen LogP contribution in [0.3, 0.4) is 0 Å². The molecule has 22 heavy (non-hydrogen) atoms. The molecule has 0 radical (unpaired) electrons. The van der Waals surface area contributed by atoms with E-state index in [4.69, 9.17) is 4.74 Å². The smallest absolute Gasteiger partial charge is 0.410 e. The van der Waals surface area contributed by atoms with E-state index in [1.807, 2.05) is 49.7 Å². The number of rotatable bonds is 3. The molecule has 0 bridgehead atoms. The molecule has 2 aliphatic rings. The van der Waals surface area contributed by atoms with Gasteiger partial charge in [-0.05, 0) is 39.5 Å². The Morgan fingerprint density at radius 1 is 1.41 bits per heavy atom. The molecule has 3 unspecified atom stereocenters. The zero-order valence-electron chi connectivity index (χ0n) is 14.0. The van der Waals surface area contributed by atoms with Crippen molar-refractivity contribution in [3.8, 4) is 0 Å². The van der Waals surface area contributed by atoms with E-state index < -0.39 is 5.60 Å². The fourth-order valence-electron chi connectivity index (χ4n) is 3.41. The molecule has 1 saturated heterocycles. The number of amides is 1. The van der Waals surface area contributed by atoms with Gasteiger partial charge in [0.25, 0.3) is 0 Å². The molecule has 0 spiro atoms. The van der Waals surface area contributed by atoms with Crippen LogP contribution in [-0.4, -0.2) is 45.3 Å². The molecule has 3 atom stereocenters. The molecule has 1 aromatic heterocycles. The van der Waals surface area contributed by atoms with Crippen LogP contribution in [0, 0.1) is 11.8 Å². The molecule has 1 aliphatic heterocycles. The monoisotopic (exact) mass is 306 g/mol. The fraction of sp³-hybridized carbons (Fsp3) is 0.750. The van der Waals surface area contributed by atoms with Crippen molar-refractivity contribution in [3.05, 3.63) is 18.2 Å². The second-order valence-electron chi connectivity index (χ2n) is 7.52. The Labute approximate surface area is 131 Å². The average Bonchev–Trinajstić information content (AvgIpc) is 2.82. The van der Waals surface area contributed by atoms with Gasteiger partial charge in [0.2, 0.25) is 0 Å². The Morgan fingerprint density at radius 2 is 2.05 bits per heavy atom. The first-order valence-electron chi connectivity index (χ1n) is 7.97. The first kappa shape index (κ1) is 15.3. The minimum atomic E-state index is -0.422. The first-order valence-corrected chi connectivity index (χ1v) is 7.97. The number of fused-ring (bicyclic) bond motifs is 1. The van der Waals surface area contributed by atoms with E-state index in [0.29, 0.717) is 17.9 Å². The second kappa shape index (κ2) is 5.26. The molecule has 1 aliphatic carbocycles. The fourth-order valence-corrected chi connectivity index (χ4v) is 3.41. The minimum absolute atomic E-state index is 0.185. The summed E-state index contributed by atoms with van der Waals surface area (Å²) in [4.78, 5) is 18.3. The molecule has 1 amide bonds. The van der Waals surface area contributed by atoms with E-state index in [1.165, 1.54) is 0 Å². The Kier molecular flexibility index (Phi) is 3.67. The lowest BCUT2D eigenvalue weighted by Crippen LogP contribution is -2.39. The average molecular weight is 306 g/mol. The van der Waals surface area contributed by atoms with E-state index in [2.05, 4.69) is 17.2 Å². The summed E-state index contributed by atoms with van der Waals surface area (Å²) in [6, 6.07) is 0.718. The van der Waals surface area contributed by atoms with Crippen molar-refractivity contribution >= 4 is 6.09 Å². The van der Waals surface area contributed by atoms with Crippen LogP contribution in [0.5, 0.6) is 0 Å². The Balaban J connectivity index is 1.49. The summed E-state index contributed by atoms with van der Waals surface area (Å²) in [6.07, 6.45) is 3.60. The van der Waals surface area contributed by atoms with Crippen LogP contribution in [0.4, 0.5) is 4.79 Å². The van der Waals surface area contributed by atoms with E-state index >= 15 is 0 Å². The van der Waals surface area contributed by atoms with Crippen LogP contribution >= 0.6 is 0 Å². The van der Waals surface area contributed by atoms with Gasteiger partial charge in [-0.2, -0.15) is 0 Å². The molecule has 6 nitrogen and oxygen atoms in total. The van der Waals surface area contributed by atoms with Gasteiger partial charge in [0.05, 0.1) is 6.04 Å². The maximum atomic E-state index is 12.1. The summed E-state index contributed by atoms with van der Waals surface area (Å²) in [7, 11) is 2.01. The topological polar surface area (TPSA) is 59.4 Å². The van der Waals surface area contributed by atoms with Crippen molar-refractivity contribution in [3.63, 3.8) is 0 Å². The van der Waals surface area contributed by atoms with Gasteiger partial charge < -0.3 is 19.5 Å². The zero-order valence-corrected chi connectivity index (χ0v) is 14.0. The Hall–Kier alpha value is -1.56. The van der Waals surface area contributed by atoms with Gasteiger partial charge in [-0.15, -0.1) is 0 Å². The number of ether oxygens (including phenoxy) is 1. The quantitative estimate of drug-likeness (QED) is 0.927. The maximum Gasteiger partial charge on any atom is 0.410 e. The van der Waals surface area contributed by atoms with Gasteiger partial charge in [0.15, 0.2) is 0 Å². The van der Waals surface area contributed by atoms with Gasteiger partial charge in [-0.25, -0.2) is 9.78 Å². The van der Waals surface area contributed by atoms with Crippen LogP contribution < -0.4 is 5.32 Å². The lowest BCUT2D eigenvalue weighted by molar-refractivity contribution is 0.0268. The van der Waals surface area contributed by atoms with Gasteiger partial charge in [0, 0.05) is 38.6 Å². The molecule has 2 heterocycles. The highest BCUT2D eigenvalue weighted by Gasteiger charge is 2.57. The van der Waals surface area contributed by atoms with Crippen LogP contribution in [-0.2, 0) is 11.8 Å². The third-order valence-electron chi connectivity index (χ3n) is 4.53. The number of hydrogen-bond donors (Lipinski definition) is 1. The number of imidazole rings is 1. The van der Waals surface area contributed by atoms with Crippen LogP contribution in [0.25, 0.3) is 0 Å². The Bertz CT molecular complexity index is 551. The number of aromatic nitrogens is 2. The molecular weight excluding hydrogens is 280 g/mol. The number of hydrogen-bond acceptors (Lipinski definition) is 4. The number of piperidine rings is 1. The normalized spacial score (nSPS) is 28.4. The molecule has 1 aromatic rings. The number of aryl methyl sites for hydroxylation is 1. The van der Waals surface area contributed by atoms with Gasteiger partial charge in [-0.1, -0.05) is 0 Å². The van der Waals surface area contributed by atoms with Gasteiger partial charge in [-0.3, -0.25) is 0 Å². The highest BCUT2D eigenvalue weighted by molar-refractivity contribution is 5.69. The predicted molar refractivity (Wildman–Crippen MR) is 83.3 cm³/mol. The molecule has 3 rings (SSSR count). The maximum absolute atomic E-state index is 12.1. The largest absolute Gasteiger partial charge is 0.444 e. The van der Waals surface area contributed by atoms with Crippen molar-refractivity contribution in [2.24, 2.45) is 18.9 Å². The molecule has 6 heteroatoms. The molecule has 2 fully saturated rings. The molecule has 1 N–H and O–H groups in total. The summed E-state index contributed by atoms with van der Waals surface area (Å²) in [5.74, 6) is 2.15. The zero-order chi connectivity index (χ0) is 16.1. The molecule has 122 valence electrons. The third-order valence-corrected chi connectivity index (χ3v) is 4.53. The summed E-state index contributed by atoms with van der Waals surface area (Å²) < 4.78 is 7.48. The van der Waals surface area contributed by atoms with Gasteiger partial charge in [0.1, 0.15) is 11.4 Å². The van der Waals surface area contributed by atoms with Crippen molar-refractivity contribution in [1.82, 2.24) is 19.8 Å². The van der Waals surface area contributed by atoms with Crippen LogP contribution in [0.1, 0.15) is 39.6 Å². The number of carbonyl (C=O) groups excluding carboxylic acids is 1. The number of nitrogens with zero attached hydrogens (tertiary/aromatic N) is 3. The SMILES string of the molecule is CC(NC1C2CN(C(=O)OC(C)(C)C)CC21)c1nccn1C. The molecule has 1 saturated carbocycles. The predicted octanol–water partition coefficient (Wildman–Crippen LogP) is 1.94. The van der Waals surface area contributed by atoms with Crippen molar-refractivity contribution in [2.75, 3.05) is 13.1 Å². The molecular formula is C16H26N4O2. The van der Waals surface area contributed by atoms with E-state index in [-0.39, 0.29) is 12.1 Å². The lowest BCUT2D eigenvalue weighted by Gasteiger charge is -2.26. The van der Waals surface area contributed by atoms with Crippen molar-refractivity contribution in [2.45, 2.75) is 45.4 Å². The standard InChI is InChI=1S/C16H26N4O2/c1-10(14-17-6-7-19(14)5)18-13-11-8-20(9-12(11)13)15(21)22-16(2,3)4/h6-7,10-13,18H,8-9H2,1-5H3. The third kappa shape index (κ3) is 2.97. The van der Waals surface area contributed by atoms with Crippen molar-refractivity contribution in [1.29, 1.82) is 0 Å². The number of carbonyl (C=O) groups is 1. The number of nitrogens with one attached hydrogen (secondary N) is 1. The van der Waals surface area contributed by atoms with Crippen LogP contribution in [0.2, 0.25) is 0 Å². The second-order valence-corrected chi connectivity index (χ2v) is 7.52. The summed E-state index contributed by atoms with van der Waals surface area (Å²) in [5.41, 5.74) is -0.422. The first-order chi connectivity index (χ1) is 10.3. The lowest BCUT2D eigenvalue weighted by atomic mass is 10.2. The minimum Gasteiger partial charge on any atom is -0.444 e. The van der Waals surface area contributed by atoms with E-state index in [9.17, 15) is 4.79 Å². The van der Waals surface area contributed by atoms with E-state index in [0.717, 1.165) is 18.9 Å². The molecule has 0 aromatic carbocycles. The summed E-state index contributed by atoms with van der Waals surface area (Å²) in [5, 5.41) is 3.64. The highest BCUT2D eigenvalue weighted by Crippen LogP contribution is 2.46. The highest BCUT2D eigenvalue weighted by atomic mass is 16.6. The summed E-state index contributed by atoms with van der Waals surface area (Å²) in [6.45, 7) is 9.44. The Morgan fingerprint density at radius 3 is 2.55 bits per heavy atom. The van der Waals surface area contributed by atoms with Crippen molar-refractivity contribution < 1.29 is 9.53 Å².